The highest BCUT2D eigenvalue weighted by molar-refractivity contribution is 5.17. The number of hydrogen-bond donors (Lipinski definition) is 1. The number of hydrogen-bond acceptors (Lipinski definition) is 2. The molecular formula is C14H21FN2. The summed E-state index contributed by atoms with van der Waals surface area (Å²) in [5.41, 5.74) is 6.83. The summed E-state index contributed by atoms with van der Waals surface area (Å²) >= 11 is 0. The molecule has 1 saturated heterocycles. The van der Waals surface area contributed by atoms with Gasteiger partial charge in [0.15, 0.2) is 0 Å². The van der Waals surface area contributed by atoms with Crippen molar-refractivity contribution in [2.75, 3.05) is 6.54 Å². The van der Waals surface area contributed by atoms with Crippen molar-refractivity contribution in [1.82, 2.24) is 4.90 Å². The van der Waals surface area contributed by atoms with E-state index in [0.29, 0.717) is 18.5 Å². The fraction of sp³-hybridized carbons (Fsp3) is 0.571. The molecule has 17 heavy (non-hydrogen) atoms. The Kier molecular flexibility index (Phi) is 3.79. The van der Waals surface area contributed by atoms with Crippen LogP contribution in [0, 0.1) is 11.7 Å². The first-order chi connectivity index (χ1) is 8.09. The molecule has 1 aromatic rings. The van der Waals surface area contributed by atoms with Gasteiger partial charge in [0.2, 0.25) is 0 Å². The van der Waals surface area contributed by atoms with E-state index in [0.717, 1.165) is 18.5 Å². The van der Waals surface area contributed by atoms with Crippen molar-refractivity contribution in [3.05, 3.63) is 35.6 Å². The highest BCUT2D eigenvalue weighted by atomic mass is 19.1. The quantitative estimate of drug-likeness (QED) is 0.854. The van der Waals surface area contributed by atoms with Gasteiger partial charge in [-0.2, -0.15) is 0 Å². The lowest BCUT2D eigenvalue weighted by atomic mass is 9.87. The topological polar surface area (TPSA) is 29.3 Å². The van der Waals surface area contributed by atoms with Crippen molar-refractivity contribution in [2.45, 2.75) is 38.9 Å². The number of rotatable bonds is 2. The second-order valence-electron chi connectivity index (χ2n) is 5.11. The number of nitrogens with two attached hydrogens (primary N) is 1. The van der Waals surface area contributed by atoms with Crippen molar-refractivity contribution in [1.29, 1.82) is 0 Å². The monoisotopic (exact) mass is 236 g/mol. The van der Waals surface area contributed by atoms with E-state index in [4.69, 9.17) is 5.73 Å². The molecule has 0 saturated carbocycles. The van der Waals surface area contributed by atoms with Crippen LogP contribution in [0.1, 0.15) is 25.8 Å². The second-order valence-corrected chi connectivity index (χ2v) is 5.11. The maximum Gasteiger partial charge on any atom is 0.127 e. The van der Waals surface area contributed by atoms with Gasteiger partial charge in [-0.25, -0.2) is 4.39 Å². The molecule has 0 spiro atoms. The fourth-order valence-corrected chi connectivity index (χ4v) is 2.54. The summed E-state index contributed by atoms with van der Waals surface area (Å²) in [5, 5.41) is 0. The predicted molar refractivity (Wildman–Crippen MR) is 68.0 cm³/mol. The second kappa shape index (κ2) is 5.15. The number of halogens is 1. The molecule has 0 aromatic heterocycles. The third-order valence-corrected chi connectivity index (χ3v) is 4.09. The summed E-state index contributed by atoms with van der Waals surface area (Å²) in [6.45, 7) is 6.01. The maximum absolute atomic E-state index is 13.6. The summed E-state index contributed by atoms with van der Waals surface area (Å²) in [7, 11) is 0. The zero-order chi connectivity index (χ0) is 12.4. The van der Waals surface area contributed by atoms with Gasteiger partial charge in [0.1, 0.15) is 5.82 Å². The van der Waals surface area contributed by atoms with Crippen LogP contribution in [0.15, 0.2) is 24.3 Å². The predicted octanol–water partition coefficient (Wildman–Crippen LogP) is 2.38. The minimum absolute atomic E-state index is 0.109. The normalized spacial score (nSPS) is 30.5. The molecule has 1 fully saturated rings. The summed E-state index contributed by atoms with van der Waals surface area (Å²) < 4.78 is 13.6. The van der Waals surface area contributed by atoms with Gasteiger partial charge in [-0.15, -0.1) is 0 Å². The molecule has 2 nitrogen and oxygen atoms in total. The van der Waals surface area contributed by atoms with E-state index in [9.17, 15) is 4.39 Å². The Balaban J connectivity index is 2.07. The van der Waals surface area contributed by atoms with Gasteiger partial charge in [-0.05, 0) is 25.3 Å². The molecule has 94 valence electrons. The van der Waals surface area contributed by atoms with E-state index in [1.165, 1.54) is 6.07 Å². The highest BCUT2D eigenvalue weighted by Gasteiger charge is 2.30. The van der Waals surface area contributed by atoms with Crippen LogP contribution in [-0.2, 0) is 6.54 Å². The molecule has 1 heterocycles. The smallest absolute Gasteiger partial charge is 0.127 e. The van der Waals surface area contributed by atoms with Crippen LogP contribution in [0.4, 0.5) is 4.39 Å². The minimum Gasteiger partial charge on any atom is -0.327 e. The number of piperidine rings is 1. The Labute approximate surface area is 103 Å². The van der Waals surface area contributed by atoms with Gasteiger partial charge < -0.3 is 5.73 Å². The minimum atomic E-state index is -0.109. The Morgan fingerprint density at radius 1 is 1.35 bits per heavy atom. The molecule has 0 bridgehead atoms. The maximum atomic E-state index is 13.6. The van der Waals surface area contributed by atoms with Crippen molar-refractivity contribution in [2.24, 2.45) is 11.7 Å². The van der Waals surface area contributed by atoms with Crippen LogP contribution < -0.4 is 5.73 Å². The Morgan fingerprint density at radius 2 is 2.06 bits per heavy atom. The van der Waals surface area contributed by atoms with E-state index in [1.807, 2.05) is 12.1 Å². The molecule has 0 radical (unpaired) electrons. The van der Waals surface area contributed by atoms with Crippen LogP contribution in [-0.4, -0.2) is 23.5 Å². The fourth-order valence-electron chi connectivity index (χ4n) is 2.54. The van der Waals surface area contributed by atoms with Crippen LogP contribution in [0.3, 0.4) is 0 Å². The lowest BCUT2D eigenvalue weighted by molar-refractivity contribution is 0.0899. The molecule has 2 rings (SSSR count). The molecule has 1 aromatic carbocycles. The standard InChI is InChI=1S/C14H21FN2/c1-10-11(2)17(8-7-14(10)16)9-12-5-3-4-6-13(12)15/h3-6,10-11,14H,7-9,16H2,1-2H3. The lowest BCUT2D eigenvalue weighted by Gasteiger charge is -2.41. The molecule has 1 aliphatic heterocycles. The molecule has 3 atom stereocenters. The summed E-state index contributed by atoms with van der Waals surface area (Å²) in [4.78, 5) is 2.33. The van der Waals surface area contributed by atoms with Crippen LogP contribution in [0.25, 0.3) is 0 Å². The highest BCUT2D eigenvalue weighted by Crippen LogP contribution is 2.24. The average Bonchev–Trinajstić information content (AvgIpc) is 2.32. The van der Waals surface area contributed by atoms with Crippen LogP contribution in [0.2, 0.25) is 0 Å². The van der Waals surface area contributed by atoms with Gasteiger partial charge in [-0.3, -0.25) is 4.90 Å². The molecule has 1 aliphatic rings. The van der Waals surface area contributed by atoms with Gasteiger partial charge >= 0.3 is 0 Å². The molecular weight excluding hydrogens is 215 g/mol. The van der Waals surface area contributed by atoms with Crippen LogP contribution >= 0.6 is 0 Å². The zero-order valence-corrected chi connectivity index (χ0v) is 10.6. The molecule has 0 aliphatic carbocycles. The Bertz CT molecular complexity index is 380. The summed E-state index contributed by atoms with van der Waals surface area (Å²) in [6, 6.07) is 7.71. The molecule has 0 amide bonds. The number of nitrogens with zero attached hydrogens (tertiary/aromatic N) is 1. The van der Waals surface area contributed by atoms with Crippen molar-refractivity contribution in [3.63, 3.8) is 0 Å². The Morgan fingerprint density at radius 3 is 2.76 bits per heavy atom. The third-order valence-electron chi connectivity index (χ3n) is 4.09. The van der Waals surface area contributed by atoms with Crippen molar-refractivity contribution >= 4 is 0 Å². The SMILES string of the molecule is CC1C(N)CCN(Cc2ccccc2F)C1C. The third kappa shape index (κ3) is 2.67. The summed E-state index contributed by atoms with van der Waals surface area (Å²) in [5.74, 6) is 0.359. The van der Waals surface area contributed by atoms with Gasteiger partial charge in [0.25, 0.3) is 0 Å². The molecule has 2 N–H and O–H groups in total. The summed E-state index contributed by atoms with van der Waals surface area (Å²) in [6.07, 6.45) is 1.000. The average molecular weight is 236 g/mol. The van der Waals surface area contributed by atoms with Crippen molar-refractivity contribution < 1.29 is 4.39 Å². The van der Waals surface area contributed by atoms with E-state index in [2.05, 4.69) is 18.7 Å². The van der Waals surface area contributed by atoms with Crippen molar-refractivity contribution in [3.8, 4) is 0 Å². The zero-order valence-electron chi connectivity index (χ0n) is 10.6. The first kappa shape index (κ1) is 12.5. The first-order valence-corrected chi connectivity index (χ1v) is 6.32. The van der Waals surface area contributed by atoms with E-state index >= 15 is 0 Å². The lowest BCUT2D eigenvalue weighted by Crippen LogP contribution is -2.51. The van der Waals surface area contributed by atoms with Gasteiger partial charge in [0, 0.05) is 30.7 Å². The molecule has 3 heteroatoms. The van der Waals surface area contributed by atoms with E-state index in [-0.39, 0.29) is 11.9 Å². The van der Waals surface area contributed by atoms with Gasteiger partial charge in [0.05, 0.1) is 0 Å². The van der Waals surface area contributed by atoms with E-state index < -0.39 is 0 Å². The molecule has 3 unspecified atom stereocenters. The Hall–Kier alpha value is -0.930. The number of likely N-dealkylation sites (tertiary alicyclic amines) is 1. The van der Waals surface area contributed by atoms with E-state index in [1.54, 1.807) is 6.07 Å². The van der Waals surface area contributed by atoms with Gasteiger partial charge in [-0.1, -0.05) is 25.1 Å². The first-order valence-electron chi connectivity index (χ1n) is 6.32. The number of benzene rings is 1. The largest absolute Gasteiger partial charge is 0.327 e. The van der Waals surface area contributed by atoms with Crippen LogP contribution in [0.5, 0.6) is 0 Å².